The van der Waals surface area contributed by atoms with Crippen LogP contribution in [0, 0.1) is 5.82 Å². The Kier molecular flexibility index (Phi) is 5.03. The van der Waals surface area contributed by atoms with Crippen LogP contribution >= 0.6 is 15.9 Å². The van der Waals surface area contributed by atoms with Crippen LogP contribution in [0.3, 0.4) is 0 Å². The number of carboxylic acid groups (broad SMARTS) is 1. The molecular formula is C12H11BrFNO3. The van der Waals surface area contributed by atoms with Crippen molar-refractivity contribution in [2.24, 2.45) is 0 Å². The number of benzene rings is 1. The molecule has 0 saturated carbocycles. The smallest absolute Gasteiger partial charge is 0.325 e. The number of carbonyl (C=O) groups is 2. The maximum absolute atomic E-state index is 13.3. The summed E-state index contributed by atoms with van der Waals surface area (Å²) < 4.78 is 14.0. The molecule has 0 bridgehead atoms. The molecule has 6 heteroatoms. The fourth-order valence-corrected chi connectivity index (χ4v) is 1.51. The molecule has 0 saturated heterocycles. The maximum atomic E-state index is 13.3. The van der Waals surface area contributed by atoms with E-state index in [2.05, 4.69) is 21.2 Å². The van der Waals surface area contributed by atoms with Crippen molar-refractivity contribution < 1.29 is 19.1 Å². The van der Waals surface area contributed by atoms with Crippen LogP contribution in [-0.2, 0) is 9.59 Å². The zero-order valence-corrected chi connectivity index (χ0v) is 11.1. The summed E-state index contributed by atoms with van der Waals surface area (Å²) >= 11 is 3.18. The average Bonchev–Trinajstić information content (AvgIpc) is 2.30. The van der Waals surface area contributed by atoms with Crippen LogP contribution < -0.4 is 5.32 Å². The van der Waals surface area contributed by atoms with E-state index in [1.165, 1.54) is 25.1 Å². The van der Waals surface area contributed by atoms with E-state index >= 15 is 0 Å². The zero-order chi connectivity index (χ0) is 13.7. The lowest BCUT2D eigenvalue weighted by molar-refractivity contribution is -0.140. The first-order chi connectivity index (χ1) is 8.40. The summed E-state index contributed by atoms with van der Waals surface area (Å²) in [5.74, 6) is -2.19. The quantitative estimate of drug-likeness (QED) is 0.837. The van der Waals surface area contributed by atoms with Crippen molar-refractivity contribution in [3.05, 3.63) is 40.1 Å². The molecule has 96 valence electrons. The summed E-state index contributed by atoms with van der Waals surface area (Å²) in [4.78, 5) is 21.8. The molecule has 0 aliphatic heterocycles. The third-order valence-electron chi connectivity index (χ3n) is 2.10. The van der Waals surface area contributed by atoms with E-state index in [9.17, 15) is 14.0 Å². The van der Waals surface area contributed by atoms with Gasteiger partial charge in [-0.15, -0.1) is 0 Å². The Bertz CT molecular complexity index is 502. The monoisotopic (exact) mass is 315 g/mol. The number of rotatable bonds is 4. The molecule has 2 N–H and O–H groups in total. The molecule has 0 heterocycles. The zero-order valence-electron chi connectivity index (χ0n) is 9.48. The fraction of sp³-hybridized carbons (Fsp3) is 0.167. The molecule has 0 aliphatic rings. The normalized spacial score (nSPS) is 12.4. The Morgan fingerprint density at radius 2 is 2.17 bits per heavy atom. The predicted octanol–water partition coefficient (Wildman–Crippen LogP) is 2.19. The SMILES string of the molecule is C[C@H](NC(=O)/C=C/c1cc(Br)ccc1F)C(=O)O. The highest BCUT2D eigenvalue weighted by Gasteiger charge is 2.11. The topological polar surface area (TPSA) is 66.4 Å². The van der Waals surface area contributed by atoms with E-state index in [0.717, 1.165) is 6.08 Å². The average molecular weight is 316 g/mol. The van der Waals surface area contributed by atoms with Gasteiger partial charge in [-0.05, 0) is 31.2 Å². The number of hydrogen-bond donors (Lipinski definition) is 2. The van der Waals surface area contributed by atoms with E-state index in [-0.39, 0.29) is 5.56 Å². The molecule has 0 radical (unpaired) electrons. The molecular weight excluding hydrogens is 305 g/mol. The second-order valence-corrected chi connectivity index (χ2v) is 4.48. The van der Waals surface area contributed by atoms with Crippen LogP contribution in [0.25, 0.3) is 6.08 Å². The van der Waals surface area contributed by atoms with Crippen molar-refractivity contribution in [3.63, 3.8) is 0 Å². The number of hydrogen-bond acceptors (Lipinski definition) is 2. The van der Waals surface area contributed by atoms with Gasteiger partial charge in [-0.3, -0.25) is 9.59 Å². The highest BCUT2D eigenvalue weighted by atomic mass is 79.9. The molecule has 1 atom stereocenters. The summed E-state index contributed by atoms with van der Waals surface area (Å²) in [7, 11) is 0. The Balaban J connectivity index is 2.72. The Hall–Kier alpha value is -1.69. The molecule has 0 spiro atoms. The summed E-state index contributed by atoms with van der Waals surface area (Å²) in [5, 5.41) is 10.8. The molecule has 18 heavy (non-hydrogen) atoms. The largest absolute Gasteiger partial charge is 0.480 e. The first-order valence-electron chi connectivity index (χ1n) is 5.06. The first kappa shape index (κ1) is 14.4. The third kappa shape index (κ3) is 4.29. The van der Waals surface area contributed by atoms with E-state index in [4.69, 9.17) is 5.11 Å². The molecule has 4 nitrogen and oxygen atoms in total. The van der Waals surface area contributed by atoms with Crippen molar-refractivity contribution in [2.75, 3.05) is 0 Å². The van der Waals surface area contributed by atoms with Crippen molar-refractivity contribution >= 4 is 33.9 Å². The van der Waals surface area contributed by atoms with Crippen molar-refractivity contribution in [1.82, 2.24) is 5.32 Å². The van der Waals surface area contributed by atoms with Gasteiger partial charge in [0.1, 0.15) is 11.9 Å². The number of amides is 1. The van der Waals surface area contributed by atoms with Crippen molar-refractivity contribution in [3.8, 4) is 0 Å². The molecule has 1 aromatic rings. The minimum Gasteiger partial charge on any atom is -0.480 e. The van der Waals surface area contributed by atoms with Gasteiger partial charge < -0.3 is 10.4 Å². The number of carbonyl (C=O) groups excluding carboxylic acids is 1. The van der Waals surface area contributed by atoms with E-state index in [1.807, 2.05) is 0 Å². The summed E-state index contributed by atoms with van der Waals surface area (Å²) in [6.45, 7) is 1.34. The summed E-state index contributed by atoms with van der Waals surface area (Å²) in [6.07, 6.45) is 2.37. The summed E-state index contributed by atoms with van der Waals surface area (Å²) in [6, 6.07) is 3.33. The Morgan fingerprint density at radius 3 is 2.78 bits per heavy atom. The second-order valence-electron chi connectivity index (χ2n) is 3.57. The van der Waals surface area contributed by atoms with Gasteiger partial charge in [0.2, 0.25) is 5.91 Å². The summed E-state index contributed by atoms with van der Waals surface area (Å²) in [5.41, 5.74) is 0.238. The van der Waals surface area contributed by atoms with Crippen LogP contribution in [0.4, 0.5) is 4.39 Å². The van der Waals surface area contributed by atoms with Gasteiger partial charge in [0.25, 0.3) is 0 Å². The molecule has 0 aromatic heterocycles. The van der Waals surface area contributed by atoms with E-state index in [1.54, 1.807) is 6.07 Å². The van der Waals surface area contributed by atoms with E-state index in [0.29, 0.717) is 4.47 Å². The lowest BCUT2D eigenvalue weighted by Gasteiger charge is -2.06. The van der Waals surface area contributed by atoms with Gasteiger partial charge >= 0.3 is 5.97 Å². The molecule has 0 unspecified atom stereocenters. The van der Waals surface area contributed by atoms with Crippen LogP contribution in [0.2, 0.25) is 0 Å². The molecule has 0 aliphatic carbocycles. The molecule has 0 fully saturated rings. The van der Waals surface area contributed by atoms with Crippen molar-refractivity contribution in [2.45, 2.75) is 13.0 Å². The number of nitrogens with one attached hydrogen (secondary N) is 1. The maximum Gasteiger partial charge on any atom is 0.325 e. The number of halogens is 2. The first-order valence-corrected chi connectivity index (χ1v) is 5.86. The van der Waals surface area contributed by atoms with Crippen LogP contribution in [0.1, 0.15) is 12.5 Å². The Labute approximate surface area is 112 Å². The predicted molar refractivity (Wildman–Crippen MR) is 68.4 cm³/mol. The van der Waals surface area contributed by atoms with E-state index < -0.39 is 23.7 Å². The number of aliphatic carboxylic acids is 1. The lowest BCUT2D eigenvalue weighted by Crippen LogP contribution is -2.37. The van der Waals surface area contributed by atoms with Crippen molar-refractivity contribution in [1.29, 1.82) is 0 Å². The number of carboxylic acids is 1. The van der Waals surface area contributed by atoms with Crippen LogP contribution in [0.15, 0.2) is 28.7 Å². The Morgan fingerprint density at radius 1 is 1.50 bits per heavy atom. The molecule has 1 aromatic carbocycles. The van der Waals surface area contributed by atoms with Crippen LogP contribution in [0.5, 0.6) is 0 Å². The second kappa shape index (κ2) is 6.30. The standard InChI is InChI=1S/C12H11BrFNO3/c1-7(12(17)18)15-11(16)5-2-8-6-9(13)3-4-10(8)14/h2-7H,1H3,(H,15,16)(H,17,18)/b5-2+/t7-/m0/s1. The van der Waals surface area contributed by atoms with Gasteiger partial charge in [-0.1, -0.05) is 15.9 Å². The van der Waals surface area contributed by atoms with Gasteiger partial charge in [0.05, 0.1) is 0 Å². The molecule has 1 amide bonds. The van der Waals surface area contributed by atoms with Crippen LogP contribution in [-0.4, -0.2) is 23.0 Å². The van der Waals surface area contributed by atoms with Gasteiger partial charge in [0, 0.05) is 16.1 Å². The van der Waals surface area contributed by atoms with Gasteiger partial charge in [0.15, 0.2) is 0 Å². The minimum absolute atomic E-state index is 0.238. The lowest BCUT2D eigenvalue weighted by atomic mass is 10.2. The minimum atomic E-state index is -1.13. The highest BCUT2D eigenvalue weighted by Crippen LogP contribution is 2.16. The fourth-order valence-electron chi connectivity index (χ4n) is 1.13. The molecule has 1 rings (SSSR count). The third-order valence-corrected chi connectivity index (χ3v) is 2.59. The van der Waals surface area contributed by atoms with Gasteiger partial charge in [-0.25, -0.2) is 4.39 Å². The van der Waals surface area contributed by atoms with Gasteiger partial charge in [-0.2, -0.15) is 0 Å². The highest BCUT2D eigenvalue weighted by molar-refractivity contribution is 9.10.